The van der Waals surface area contributed by atoms with E-state index >= 15 is 0 Å². The Labute approximate surface area is 184 Å². The van der Waals surface area contributed by atoms with Gasteiger partial charge >= 0.3 is 0 Å². The minimum Gasteiger partial charge on any atom is -0.493 e. The number of thioether (sulfide) groups is 1. The maximum Gasteiger partial charge on any atom is 0.226 e. The lowest BCUT2D eigenvalue weighted by atomic mass is 10.1. The number of hydrogen-bond donors (Lipinski definition) is 0. The van der Waals surface area contributed by atoms with Crippen LogP contribution >= 0.6 is 11.8 Å². The topological polar surface area (TPSA) is 44.5 Å². The number of aryl methyl sites for hydroxylation is 2. The highest BCUT2D eigenvalue weighted by atomic mass is 32.2. The Morgan fingerprint density at radius 2 is 1.77 bits per heavy atom. The van der Waals surface area contributed by atoms with E-state index < -0.39 is 0 Å². The first-order chi connectivity index (χ1) is 14.7. The van der Waals surface area contributed by atoms with E-state index in [1.54, 1.807) is 0 Å². The average Bonchev–Trinajstić information content (AvgIpc) is 3.14. The van der Waals surface area contributed by atoms with Crippen molar-refractivity contribution in [1.82, 2.24) is 4.98 Å². The highest BCUT2D eigenvalue weighted by Gasteiger charge is 2.11. The SMILES string of the molecule is CCOC(CCc1ccc(OCCc2nc(-c3ccccc3)oc2C)cc1)SCC. The third-order valence-electron chi connectivity index (χ3n) is 4.82. The predicted octanol–water partition coefficient (Wildman–Crippen LogP) is 6.32. The molecule has 4 nitrogen and oxygen atoms in total. The largest absolute Gasteiger partial charge is 0.493 e. The molecule has 0 saturated heterocycles. The number of benzene rings is 2. The number of nitrogens with zero attached hydrogens (tertiary/aromatic N) is 1. The molecule has 5 heteroatoms. The molecule has 0 bridgehead atoms. The van der Waals surface area contributed by atoms with Crippen LogP contribution in [0.2, 0.25) is 0 Å². The van der Waals surface area contributed by atoms with Crippen molar-refractivity contribution in [1.29, 1.82) is 0 Å². The molecule has 0 aliphatic rings. The minimum atomic E-state index is 0.280. The fourth-order valence-corrected chi connectivity index (χ4v) is 4.14. The fraction of sp³-hybridized carbons (Fsp3) is 0.400. The van der Waals surface area contributed by atoms with Gasteiger partial charge in [-0.3, -0.25) is 0 Å². The monoisotopic (exact) mass is 425 g/mol. The lowest BCUT2D eigenvalue weighted by Crippen LogP contribution is -2.10. The van der Waals surface area contributed by atoms with Crippen LogP contribution < -0.4 is 4.74 Å². The van der Waals surface area contributed by atoms with E-state index in [1.165, 1.54) is 5.56 Å². The van der Waals surface area contributed by atoms with Crippen molar-refractivity contribution in [3.8, 4) is 17.2 Å². The Bertz CT molecular complexity index is 871. The second kappa shape index (κ2) is 11.8. The summed E-state index contributed by atoms with van der Waals surface area (Å²) in [5.74, 6) is 3.48. The molecule has 1 unspecified atom stereocenters. The van der Waals surface area contributed by atoms with Crippen molar-refractivity contribution in [3.05, 3.63) is 71.6 Å². The summed E-state index contributed by atoms with van der Waals surface area (Å²) >= 11 is 1.87. The summed E-state index contributed by atoms with van der Waals surface area (Å²) in [6.45, 7) is 7.52. The second-order valence-electron chi connectivity index (χ2n) is 7.01. The molecule has 0 spiro atoms. The molecule has 3 aromatic rings. The van der Waals surface area contributed by atoms with Crippen LogP contribution in [0.3, 0.4) is 0 Å². The zero-order chi connectivity index (χ0) is 21.2. The zero-order valence-corrected chi connectivity index (χ0v) is 18.9. The van der Waals surface area contributed by atoms with Gasteiger partial charge in [-0.1, -0.05) is 37.3 Å². The Morgan fingerprint density at radius 3 is 2.47 bits per heavy atom. The van der Waals surface area contributed by atoms with Crippen LogP contribution in [0.5, 0.6) is 5.75 Å². The second-order valence-corrected chi connectivity index (χ2v) is 8.45. The van der Waals surface area contributed by atoms with E-state index in [0.29, 0.717) is 18.9 Å². The molecule has 0 amide bonds. The summed E-state index contributed by atoms with van der Waals surface area (Å²) in [5, 5.41) is 0. The van der Waals surface area contributed by atoms with E-state index in [0.717, 1.165) is 48.0 Å². The van der Waals surface area contributed by atoms with E-state index in [9.17, 15) is 0 Å². The van der Waals surface area contributed by atoms with E-state index in [2.05, 4.69) is 31.0 Å². The summed E-state index contributed by atoms with van der Waals surface area (Å²) in [6.07, 6.45) is 2.76. The van der Waals surface area contributed by atoms with Gasteiger partial charge in [0.05, 0.1) is 12.3 Å². The van der Waals surface area contributed by atoms with Gasteiger partial charge in [0.15, 0.2) is 0 Å². The van der Waals surface area contributed by atoms with Crippen molar-refractivity contribution in [2.75, 3.05) is 19.0 Å². The number of hydrogen-bond acceptors (Lipinski definition) is 5. The van der Waals surface area contributed by atoms with Crippen LogP contribution in [0.4, 0.5) is 0 Å². The molecular formula is C25H31NO3S. The van der Waals surface area contributed by atoms with Crippen LogP contribution in [0.1, 0.15) is 37.3 Å². The number of ether oxygens (including phenoxy) is 2. The number of oxazole rings is 1. The van der Waals surface area contributed by atoms with Crippen molar-refractivity contribution in [3.63, 3.8) is 0 Å². The van der Waals surface area contributed by atoms with Crippen LogP contribution in [-0.4, -0.2) is 29.4 Å². The van der Waals surface area contributed by atoms with Gasteiger partial charge in [0.1, 0.15) is 16.9 Å². The van der Waals surface area contributed by atoms with Gasteiger partial charge in [0.2, 0.25) is 5.89 Å². The maximum absolute atomic E-state index is 5.93. The zero-order valence-electron chi connectivity index (χ0n) is 18.1. The third kappa shape index (κ3) is 6.64. The van der Waals surface area contributed by atoms with Crippen LogP contribution in [0.25, 0.3) is 11.5 Å². The molecular weight excluding hydrogens is 394 g/mol. The molecule has 0 saturated carbocycles. The Balaban J connectivity index is 1.47. The summed E-state index contributed by atoms with van der Waals surface area (Å²) in [4.78, 5) is 4.64. The first-order valence-corrected chi connectivity index (χ1v) is 11.7. The van der Waals surface area contributed by atoms with Gasteiger partial charge in [-0.2, -0.15) is 0 Å². The average molecular weight is 426 g/mol. The minimum absolute atomic E-state index is 0.280. The lowest BCUT2D eigenvalue weighted by molar-refractivity contribution is 0.119. The normalized spacial score (nSPS) is 12.1. The summed E-state index contributed by atoms with van der Waals surface area (Å²) in [5.41, 5.74) is 3.53. The highest BCUT2D eigenvalue weighted by Crippen LogP contribution is 2.23. The molecule has 0 N–H and O–H groups in total. The Kier molecular flexibility index (Phi) is 8.84. The van der Waals surface area contributed by atoms with Crippen molar-refractivity contribution in [2.24, 2.45) is 0 Å². The van der Waals surface area contributed by atoms with Crippen molar-refractivity contribution >= 4 is 11.8 Å². The standard InChI is InChI=1S/C25H31NO3S/c1-4-27-24(30-5-2)16-13-20-11-14-22(15-12-20)28-18-17-23-19(3)29-25(26-23)21-9-7-6-8-10-21/h6-12,14-15,24H,4-5,13,16-18H2,1-3H3. The Hall–Kier alpha value is -2.24. The van der Waals surface area contributed by atoms with Crippen molar-refractivity contribution < 1.29 is 13.9 Å². The first-order valence-electron chi connectivity index (χ1n) is 10.7. The molecule has 0 aliphatic carbocycles. The molecule has 1 atom stereocenters. The van der Waals surface area contributed by atoms with E-state index in [-0.39, 0.29) is 5.44 Å². The van der Waals surface area contributed by atoms with Crippen LogP contribution in [-0.2, 0) is 17.6 Å². The van der Waals surface area contributed by atoms with Gasteiger partial charge in [-0.05, 0) is 62.3 Å². The molecule has 0 radical (unpaired) electrons. The molecule has 2 aromatic carbocycles. The molecule has 0 fully saturated rings. The van der Waals surface area contributed by atoms with Crippen LogP contribution in [0, 0.1) is 6.92 Å². The van der Waals surface area contributed by atoms with Crippen LogP contribution in [0.15, 0.2) is 59.0 Å². The van der Waals surface area contributed by atoms with E-state index in [1.807, 2.05) is 61.2 Å². The Morgan fingerprint density at radius 1 is 1.00 bits per heavy atom. The van der Waals surface area contributed by atoms with Gasteiger partial charge in [0, 0.05) is 18.6 Å². The van der Waals surface area contributed by atoms with Crippen molar-refractivity contribution in [2.45, 2.75) is 45.5 Å². The predicted molar refractivity (Wildman–Crippen MR) is 124 cm³/mol. The quantitative estimate of drug-likeness (QED) is 0.318. The third-order valence-corrected chi connectivity index (χ3v) is 5.90. The fourth-order valence-electron chi connectivity index (χ4n) is 3.25. The summed E-state index contributed by atoms with van der Waals surface area (Å²) < 4.78 is 17.5. The van der Waals surface area contributed by atoms with E-state index in [4.69, 9.17) is 13.9 Å². The smallest absolute Gasteiger partial charge is 0.226 e. The molecule has 0 aliphatic heterocycles. The number of aromatic nitrogens is 1. The molecule has 30 heavy (non-hydrogen) atoms. The van der Waals surface area contributed by atoms with Gasteiger partial charge < -0.3 is 13.9 Å². The summed E-state index contributed by atoms with van der Waals surface area (Å²) in [6, 6.07) is 18.3. The molecule has 3 rings (SSSR count). The maximum atomic E-state index is 5.93. The lowest BCUT2D eigenvalue weighted by Gasteiger charge is -2.15. The first kappa shape index (κ1) is 22.4. The van der Waals surface area contributed by atoms with Gasteiger partial charge in [-0.25, -0.2) is 4.98 Å². The molecule has 1 heterocycles. The molecule has 160 valence electrons. The van der Waals surface area contributed by atoms with Gasteiger partial charge in [0.25, 0.3) is 0 Å². The van der Waals surface area contributed by atoms with Gasteiger partial charge in [-0.15, -0.1) is 11.8 Å². The molecule has 1 aromatic heterocycles. The highest BCUT2D eigenvalue weighted by molar-refractivity contribution is 7.99. The summed E-state index contributed by atoms with van der Waals surface area (Å²) in [7, 11) is 0. The number of rotatable bonds is 12.